The fraction of sp³-hybridized carbons (Fsp3) is 0.438. The average molecular weight is 294 g/mol. The number of carbonyl (C=O) groups is 1. The molecule has 0 aromatic heterocycles. The maximum atomic E-state index is 11.6. The van der Waals surface area contributed by atoms with E-state index >= 15 is 0 Å². The second kappa shape index (κ2) is 8.08. The van der Waals surface area contributed by atoms with Gasteiger partial charge in [0.15, 0.2) is 0 Å². The Balaban J connectivity index is 1.57. The number of nitrogens with one attached hydrogen (secondary N) is 1. The summed E-state index contributed by atoms with van der Waals surface area (Å²) >= 11 is 5.87. The largest absolute Gasteiger partial charge is 0.381 e. The molecular formula is C16H20ClNO2. The van der Waals surface area contributed by atoms with Crippen LogP contribution in [0.2, 0.25) is 5.02 Å². The van der Waals surface area contributed by atoms with Gasteiger partial charge in [-0.1, -0.05) is 23.7 Å². The third-order valence-corrected chi connectivity index (χ3v) is 3.33. The van der Waals surface area contributed by atoms with E-state index in [4.69, 9.17) is 16.3 Å². The Labute approximate surface area is 125 Å². The van der Waals surface area contributed by atoms with Gasteiger partial charge in [0, 0.05) is 30.9 Å². The third kappa shape index (κ3) is 6.22. The molecule has 1 saturated carbocycles. The minimum Gasteiger partial charge on any atom is -0.381 e. The summed E-state index contributed by atoms with van der Waals surface area (Å²) in [6, 6.07) is 7.39. The molecule has 20 heavy (non-hydrogen) atoms. The highest BCUT2D eigenvalue weighted by Crippen LogP contribution is 2.28. The zero-order valence-electron chi connectivity index (χ0n) is 11.5. The van der Waals surface area contributed by atoms with Crippen molar-refractivity contribution in [1.29, 1.82) is 0 Å². The number of hydrogen-bond donors (Lipinski definition) is 1. The lowest BCUT2D eigenvalue weighted by atomic mass is 10.2. The zero-order valence-corrected chi connectivity index (χ0v) is 12.2. The predicted molar refractivity (Wildman–Crippen MR) is 81.7 cm³/mol. The summed E-state index contributed by atoms with van der Waals surface area (Å²) in [5.74, 6) is 0.706. The first-order valence-corrected chi connectivity index (χ1v) is 7.41. The molecule has 1 amide bonds. The highest BCUT2D eigenvalue weighted by atomic mass is 35.5. The molecule has 1 aromatic rings. The van der Waals surface area contributed by atoms with Crippen molar-refractivity contribution in [1.82, 2.24) is 5.32 Å². The number of halogens is 1. The van der Waals surface area contributed by atoms with E-state index in [9.17, 15) is 4.79 Å². The summed E-state index contributed by atoms with van der Waals surface area (Å²) in [4.78, 5) is 11.6. The smallest absolute Gasteiger partial charge is 0.244 e. The third-order valence-electron chi connectivity index (χ3n) is 3.09. The van der Waals surface area contributed by atoms with Crippen molar-refractivity contribution in [3.63, 3.8) is 0 Å². The molecular weight excluding hydrogens is 274 g/mol. The van der Waals surface area contributed by atoms with Crippen molar-refractivity contribution < 1.29 is 9.53 Å². The van der Waals surface area contributed by atoms with Crippen LogP contribution in [0.25, 0.3) is 6.08 Å². The Morgan fingerprint density at radius 2 is 2.30 bits per heavy atom. The van der Waals surface area contributed by atoms with Crippen LogP contribution in [0.4, 0.5) is 0 Å². The van der Waals surface area contributed by atoms with Crippen LogP contribution in [0.3, 0.4) is 0 Å². The van der Waals surface area contributed by atoms with Crippen molar-refractivity contribution in [3.05, 3.63) is 40.9 Å². The first kappa shape index (κ1) is 15.1. The highest BCUT2D eigenvalue weighted by Gasteiger charge is 2.20. The molecule has 0 bridgehead atoms. The lowest BCUT2D eigenvalue weighted by Crippen LogP contribution is -2.23. The predicted octanol–water partition coefficient (Wildman–Crippen LogP) is 3.29. The number of rotatable bonds is 8. The topological polar surface area (TPSA) is 38.3 Å². The van der Waals surface area contributed by atoms with Crippen molar-refractivity contribution in [2.75, 3.05) is 19.8 Å². The summed E-state index contributed by atoms with van der Waals surface area (Å²) in [5, 5.41) is 3.50. The summed E-state index contributed by atoms with van der Waals surface area (Å²) in [6.45, 7) is 2.24. The molecule has 0 spiro atoms. The van der Waals surface area contributed by atoms with E-state index in [1.807, 2.05) is 18.2 Å². The minimum atomic E-state index is -0.0906. The molecule has 0 heterocycles. The lowest BCUT2D eigenvalue weighted by molar-refractivity contribution is -0.116. The summed E-state index contributed by atoms with van der Waals surface area (Å²) in [6.07, 6.45) is 6.75. The first-order valence-electron chi connectivity index (χ1n) is 7.03. The Morgan fingerprint density at radius 1 is 1.45 bits per heavy atom. The van der Waals surface area contributed by atoms with Crippen LogP contribution in [0, 0.1) is 5.92 Å². The van der Waals surface area contributed by atoms with Gasteiger partial charge < -0.3 is 10.1 Å². The monoisotopic (exact) mass is 293 g/mol. The second-order valence-corrected chi connectivity index (χ2v) is 5.49. The van der Waals surface area contributed by atoms with Crippen LogP contribution in [0.15, 0.2) is 30.3 Å². The molecule has 3 nitrogen and oxygen atoms in total. The van der Waals surface area contributed by atoms with Crippen LogP contribution in [0.5, 0.6) is 0 Å². The van der Waals surface area contributed by atoms with Crippen LogP contribution >= 0.6 is 11.6 Å². The van der Waals surface area contributed by atoms with E-state index in [1.54, 1.807) is 12.1 Å². The van der Waals surface area contributed by atoms with Crippen molar-refractivity contribution in [2.24, 2.45) is 5.92 Å². The van der Waals surface area contributed by atoms with Gasteiger partial charge in [0.1, 0.15) is 0 Å². The molecule has 4 heteroatoms. The summed E-state index contributed by atoms with van der Waals surface area (Å²) in [7, 11) is 0. The SMILES string of the molecule is O=C(/C=C/c1cccc(Cl)c1)NCCCOCC1CC1. The quantitative estimate of drug-likeness (QED) is 0.590. The van der Waals surface area contributed by atoms with E-state index in [2.05, 4.69) is 5.32 Å². The lowest BCUT2D eigenvalue weighted by Gasteiger charge is -2.03. The Bertz CT molecular complexity index is 469. The van der Waals surface area contributed by atoms with Gasteiger partial charge in [-0.25, -0.2) is 0 Å². The normalized spacial score (nSPS) is 14.7. The van der Waals surface area contributed by atoms with Gasteiger partial charge in [0.2, 0.25) is 5.91 Å². The average Bonchev–Trinajstić information content (AvgIpc) is 3.24. The molecule has 1 aliphatic rings. The summed E-state index contributed by atoms with van der Waals surface area (Å²) < 4.78 is 5.50. The minimum absolute atomic E-state index is 0.0906. The maximum absolute atomic E-state index is 11.6. The molecule has 1 aromatic carbocycles. The van der Waals surface area contributed by atoms with Crippen LogP contribution in [0.1, 0.15) is 24.8 Å². The van der Waals surface area contributed by atoms with Crippen LogP contribution in [-0.4, -0.2) is 25.7 Å². The van der Waals surface area contributed by atoms with Crippen LogP contribution < -0.4 is 5.32 Å². The first-order chi connectivity index (χ1) is 9.74. The number of amides is 1. The van der Waals surface area contributed by atoms with Gasteiger partial charge in [-0.2, -0.15) is 0 Å². The molecule has 0 aliphatic heterocycles. The molecule has 1 N–H and O–H groups in total. The second-order valence-electron chi connectivity index (χ2n) is 5.05. The fourth-order valence-electron chi connectivity index (χ4n) is 1.76. The van der Waals surface area contributed by atoms with Crippen molar-refractivity contribution >= 4 is 23.6 Å². The standard InChI is InChI=1S/C16H20ClNO2/c17-15-4-1-3-13(11-15)7-8-16(19)18-9-2-10-20-12-14-5-6-14/h1,3-4,7-8,11,14H,2,5-6,9-10,12H2,(H,18,19)/b8-7+. The molecule has 0 atom stereocenters. The maximum Gasteiger partial charge on any atom is 0.244 e. The van der Waals surface area contributed by atoms with E-state index in [0.29, 0.717) is 11.6 Å². The number of benzene rings is 1. The van der Waals surface area contributed by atoms with Gasteiger partial charge in [0.05, 0.1) is 0 Å². The van der Waals surface area contributed by atoms with Gasteiger partial charge in [0.25, 0.3) is 0 Å². The number of hydrogen-bond acceptors (Lipinski definition) is 2. The van der Waals surface area contributed by atoms with E-state index in [0.717, 1.165) is 31.1 Å². The number of ether oxygens (including phenoxy) is 1. The molecule has 0 radical (unpaired) electrons. The van der Waals surface area contributed by atoms with E-state index < -0.39 is 0 Å². The highest BCUT2D eigenvalue weighted by molar-refractivity contribution is 6.30. The van der Waals surface area contributed by atoms with E-state index in [1.165, 1.54) is 18.9 Å². The molecule has 1 aliphatic carbocycles. The number of carbonyl (C=O) groups excluding carboxylic acids is 1. The molecule has 108 valence electrons. The Morgan fingerprint density at radius 3 is 3.05 bits per heavy atom. The molecule has 2 rings (SSSR count). The van der Waals surface area contributed by atoms with Gasteiger partial charge in [-0.3, -0.25) is 4.79 Å². The van der Waals surface area contributed by atoms with E-state index in [-0.39, 0.29) is 5.91 Å². The molecule has 1 fully saturated rings. The van der Waals surface area contributed by atoms with Gasteiger partial charge in [-0.15, -0.1) is 0 Å². The van der Waals surface area contributed by atoms with Crippen molar-refractivity contribution in [3.8, 4) is 0 Å². The Kier molecular flexibility index (Phi) is 6.09. The molecule has 0 unspecified atom stereocenters. The molecule has 0 saturated heterocycles. The fourth-order valence-corrected chi connectivity index (χ4v) is 1.96. The summed E-state index contributed by atoms with van der Waals surface area (Å²) in [5.41, 5.74) is 0.917. The van der Waals surface area contributed by atoms with Gasteiger partial charge >= 0.3 is 0 Å². The zero-order chi connectivity index (χ0) is 14.2. The Hall–Kier alpha value is -1.32. The van der Waals surface area contributed by atoms with Crippen molar-refractivity contribution in [2.45, 2.75) is 19.3 Å². The van der Waals surface area contributed by atoms with Gasteiger partial charge in [-0.05, 0) is 49.0 Å². The van der Waals surface area contributed by atoms with Crippen LogP contribution in [-0.2, 0) is 9.53 Å².